The second-order valence-corrected chi connectivity index (χ2v) is 8.88. The summed E-state index contributed by atoms with van der Waals surface area (Å²) in [6.07, 6.45) is 2.72. The van der Waals surface area contributed by atoms with Crippen molar-refractivity contribution in [2.24, 2.45) is 5.73 Å². The molecule has 116 valence electrons. The van der Waals surface area contributed by atoms with Crippen LogP contribution in [0.3, 0.4) is 0 Å². The van der Waals surface area contributed by atoms with Crippen molar-refractivity contribution in [3.05, 3.63) is 17.3 Å². The molecule has 0 amide bonds. The summed E-state index contributed by atoms with van der Waals surface area (Å²) in [6.45, 7) is 4.42. The van der Waals surface area contributed by atoms with Gasteiger partial charge in [0.2, 0.25) is 0 Å². The van der Waals surface area contributed by atoms with Gasteiger partial charge in [0.1, 0.15) is 0 Å². The van der Waals surface area contributed by atoms with Crippen LogP contribution in [0.25, 0.3) is 4.96 Å². The number of rotatable bonds is 3. The van der Waals surface area contributed by atoms with Crippen molar-refractivity contribution in [1.82, 2.24) is 9.38 Å². The second-order valence-electron chi connectivity index (χ2n) is 5.78. The summed E-state index contributed by atoms with van der Waals surface area (Å²) in [5.41, 5.74) is 7.04. The number of nitrogens with two attached hydrogens (primary N) is 1. The van der Waals surface area contributed by atoms with Crippen molar-refractivity contribution in [2.75, 3.05) is 23.0 Å². The first-order chi connectivity index (χ1) is 9.87. The highest BCUT2D eigenvalue weighted by Crippen LogP contribution is 2.28. The van der Waals surface area contributed by atoms with E-state index in [9.17, 15) is 8.42 Å². The number of thiazole rings is 1. The third kappa shape index (κ3) is 2.79. The zero-order valence-corrected chi connectivity index (χ0v) is 13.8. The molecule has 0 aliphatic carbocycles. The first-order valence-corrected chi connectivity index (χ1v) is 9.74. The van der Waals surface area contributed by atoms with Crippen molar-refractivity contribution in [3.63, 3.8) is 0 Å². The molecule has 0 bridgehead atoms. The van der Waals surface area contributed by atoms with Crippen LogP contribution in [0.4, 0.5) is 5.82 Å². The summed E-state index contributed by atoms with van der Waals surface area (Å²) in [5, 5.41) is 2.00. The van der Waals surface area contributed by atoms with Crippen LogP contribution in [0.2, 0.25) is 0 Å². The highest BCUT2D eigenvalue weighted by molar-refractivity contribution is 7.91. The Morgan fingerprint density at radius 1 is 1.57 bits per heavy atom. The molecular weight excluding hydrogens is 308 g/mol. The predicted molar refractivity (Wildman–Crippen MR) is 85.9 cm³/mol. The minimum atomic E-state index is -2.92. The lowest BCUT2D eigenvalue weighted by Crippen LogP contribution is -2.47. The lowest BCUT2D eigenvalue weighted by molar-refractivity contribution is 0.566. The Labute approximate surface area is 128 Å². The molecular formula is C13H20N4O2S2. The molecule has 0 saturated carbocycles. The Kier molecular flexibility index (Phi) is 3.71. The van der Waals surface area contributed by atoms with Crippen LogP contribution < -0.4 is 10.6 Å². The number of imidazole rings is 1. The first kappa shape index (κ1) is 14.8. The highest BCUT2D eigenvalue weighted by Gasteiger charge is 2.31. The van der Waals surface area contributed by atoms with Crippen molar-refractivity contribution in [2.45, 2.75) is 32.4 Å². The van der Waals surface area contributed by atoms with E-state index < -0.39 is 9.84 Å². The molecule has 1 aliphatic heterocycles. The maximum atomic E-state index is 11.8. The SMILES string of the molecule is CC(N)Cc1c(N2CCS(=O)(=O)CC2C)nc2sccn12. The quantitative estimate of drug-likeness (QED) is 0.906. The van der Waals surface area contributed by atoms with Crippen LogP contribution in [-0.4, -0.2) is 47.9 Å². The number of hydrogen-bond acceptors (Lipinski definition) is 6. The molecule has 0 spiro atoms. The van der Waals surface area contributed by atoms with Crippen molar-refractivity contribution >= 4 is 32.0 Å². The maximum Gasteiger partial charge on any atom is 0.195 e. The van der Waals surface area contributed by atoms with Gasteiger partial charge in [-0.05, 0) is 13.8 Å². The molecule has 6 nitrogen and oxygen atoms in total. The second kappa shape index (κ2) is 5.26. The van der Waals surface area contributed by atoms with Crippen LogP contribution in [0.5, 0.6) is 0 Å². The average molecular weight is 328 g/mol. The number of hydrogen-bond donors (Lipinski definition) is 1. The van der Waals surface area contributed by atoms with Gasteiger partial charge in [-0.15, -0.1) is 11.3 Å². The fourth-order valence-electron chi connectivity index (χ4n) is 2.86. The maximum absolute atomic E-state index is 11.8. The largest absolute Gasteiger partial charge is 0.350 e. The summed E-state index contributed by atoms with van der Waals surface area (Å²) >= 11 is 1.58. The molecule has 0 radical (unpaired) electrons. The van der Waals surface area contributed by atoms with E-state index in [1.54, 1.807) is 11.3 Å². The third-order valence-electron chi connectivity index (χ3n) is 3.80. The summed E-state index contributed by atoms with van der Waals surface area (Å²) in [6, 6.07) is -0.0208. The summed E-state index contributed by atoms with van der Waals surface area (Å²) in [4.78, 5) is 7.75. The molecule has 3 rings (SSSR count). The number of fused-ring (bicyclic) bond motifs is 1. The van der Waals surface area contributed by atoms with E-state index in [4.69, 9.17) is 10.7 Å². The normalized spacial score (nSPS) is 23.6. The van der Waals surface area contributed by atoms with Crippen LogP contribution >= 0.6 is 11.3 Å². The predicted octanol–water partition coefficient (Wildman–Crippen LogP) is 0.909. The molecule has 2 atom stereocenters. The molecule has 2 aromatic heterocycles. The highest BCUT2D eigenvalue weighted by atomic mass is 32.2. The van der Waals surface area contributed by atoms with Gasteiger partial charge in [0.25, 0.3) is 0 Å². The van der Waals surface area contributed by atoms with E-state index in [0.29, 0.717) is 6.54 Å². The van der Waals surface area contributed by atoms with E-state index in [1.807, 2.05) is 25.4 Å². The van der Waals surface area contributed by atoms with Gasteiger partial charge in [-0.2, -0.15) is 0 Å². The van der Waals surface area contributed by atoms with Gasteiger partial charge in [-0.1, -0.05) is 0 Å². The minimum absolute atomic E-state index is 0.0346. The average Bonchev–Trinajstić information content (AvgIpc) is 2.91. The van der Waals surface area contributed by atoms with Crippen molar-refractivity contribution in [1.29, 1.82) is 0 Å². The van der Waals surface area contributed by atoms with Crippen LogP contribution in [0.15, 0.2) is 11.6 Å². The molecule has 1 fully saturated rings. The van der Waals surface area contributed by atoms with Crippen LogP contribution in [-0.2, 0) is 16.3 Å². The number of nitrogens with zero attached hydrogens (tertiary/aromatic N) is 3. The summed E-state index contributed by atoms with van der Waals surface area (Å²) in [7, 11) is -2.92. The lowest BCUT2D eigenvalue weighted by Gasteiger charge is -2.34. The van der Waals surface area contributed by atoms with Gasteiger partial charge in [-0.25, -0.2) is 13.4 Å². The van der Waals surface area contributed by atoms with Crippen molar-refractivity contribution in [3.8, 4) is 0 Å². The van der Waals surface area contributed by atoms with Gasteiger partial charge in [0.15, 0.2) is 20.6 Å². The topological polar surface area (TPSA) is 80.7 Å². The summed E-state index contributed by atoms with van der Waals surface area (Å²) in [5.74, 6) is 1.28. The lowest BCUT2D eigenvalue weighted by atomic mass is 10.1. The van der Waals surface area contributed by atoms with E-state index in [2.05, 4.69) is 9.30 Å². The van der Waals surface area contributed by atoms with Gasteiger partial charge in [0.05, 0.1) is 17.2 Å². The zero-order valence-electron chi connectivity index (χ0n) is 12.2. The fourth-order valence-corrected chi connectivity index (χ4v) is 5.14. The van der Waals surface area contributed by atoms with Crippen LogP contribution in [0, 0.1) is 0 Å². The molecule has 8 heteroatoms. The molecule has 3 heterocycles. The molecule has 0 aromatic carbocycles. The zero-order chi connectivity index (χ0) is 15.2. The van der Waals surface area contributed by atoms with E-state index in [0.717, 1.165) is 22.9 Å². The van der Waals surface area contributed by atoms with Crippen LogP contribution in [0.1, 0.15) is 19.5 Å². The number of sulfone groups is 1. The van der Waals surface area contributed by atoms with E-state index >= 15 is 0 Å². The van der Waals surface area contributed by atoms with Gasteiger partial charge < -0.3 is 10.6 Å². The molecule has 21 heavy (non-hydrogen) atoms. The first-order valence-electron chi connectivity index (χ1n) is 7.04. The fraction of sp³-hybridized carbons (Fsp3) is 0.615. The van der Waals surface area contributed by atoms with E-state index in [-0.39, 0.29) is 23.6 Å². The van der Waals surface area contributed by atoms with Gasteiger partial charge in [0, 0.05) is 36.6 Å². The minimum Gasteiger partial charge on any atom is -0.350 e. The third-order valence-corrected chi connectivity index (χ3v) is 6.35. The molecule has 2 unspecified atom stereocenters. The Hall–Kier alpha value is -1.12. The molecule has 1 aliphatic rings. The number of aromatic nitrogens is 2. The Morgan fingerprint density at radius 2 is 2.33 bits per heavy atom. The molecule has 1 saturated heterocycles. The van der Waals surface area contributed by atoms with Gasteiger partial charge in [-0.3, -0.25) is 4.40 Å². The Balaban J connectivity index is 2.01. The Bertz CT molecular complexity index is 747. The van der Waals surface area contributed by atoms with E-state index in [1.165, 1.54) is 0 Å². The Morgan fingerprint density at radius 3 is 3.00 bits per heavy atom. The molecule has 2 N–H and O–H groups in total. The monoisotopic (exact) mass is 328 g/mol. The smallest absolute Gasteiger partial charge is 0.195 e. The molecule has 2 aromatic rings. The summed E-state index contributed by atoms with van der Waals surface area (Å²) < 4.78 is 25.6. The van der Waals surface area contributed by atoms with Gasteiger partial charge >= 0.3 is 0 Å². The standard InChI is InChI=1S/C13H20N4O2S2/c1-9(14)7-11-12(15-13-17(11)3-5-20-13)16-4-6-21(18,19)8-10(16)2/h3,5,9-10H,4,6-8,14H2,1-2H3. The number of anilines is 1. The van der Waals surface area contributed by atoms with Crippen molar-refractivity contribution < 1.29 is 8.42 Å².